The van der Waals surface area contributed by atoms with Crippen LogP contribution in [0, 0.1) is 0 Å². The smallest absolute Gasteiger partial charge is 0.409 e. The number of carboxylic acid groups (broad SMARTS) is 1. The van der Waals surface area contributed by atoms with Crippen LogP contribution < -0.4 is 5.73 Å². The van der Waals surface area contributed by atoms with Gasteiger partial charge in [0.05, 0.1) is 6.33 Å². The number of aromatic amines is 1. The van der Waals surface area contributed by atoms with Gasteiger partial charge in [-0.3, -0.25) is 4.90 Å². The standard InChI is InChI=1S/C11H14N6O2/c12-11(3-1-2-4-17(11)10(18)19)8-7-9(15-5-13-7)16-6-14-8/h5-6H,1-4,12H2,(H,18,19)(H,13,14,15,16). The first-order valence-electron chi connectivity index (χ1n) is 6.07. The SMILES string of the molecule is NC1(c2ncnc3[nH]cnc23)CCCCN1C(=O)O. The third-order valence-electron chi connectivity index (χ3n) is 3.53. The molecule has 8 nitrogen and oxygen atoms in total. The number of piperidine rings is 1. The second-order valence-corrected chi connectivity index (χ2v) is 4.64. The van der Waals surface area contributed by atoms with Gasteiger partial charge in [0.15, 0.2) is 5.65 Å². The van der Waals surface area contributed by atoms with Gasteiger partial charge in [-0.05, 0) is 19.3 Å². The Bertz CT molecular complexity index is 626. The Hall–Kier alpha value is -2.22. The Morgan fingerprint density at radius 2 is 2.26 bits per heavy atom. The number of hydrogen-bond donors (Lipinski definition) is 3. The zero-order valence-electron chi connectivity index (χ0n) is 10.2. The summed E-state index contributed by atoms with van der Waals surface area (Å²) in [6.45, 7) is 0.405. The average molecular weight is 262 g/mol. The van der Waals surface area contributed by atoms with Crippen molar-refractivity contribution in [2.45, 2.75) is 24.9 Å². The molecule has 0 spiro atoms. The summed E-state index contributed by atoms with van der Waals surface area (Å²) in [6, 6.07) is 0. The minimum atomic E-state index is -1.14. The molecule has 1 fully saturated rings. The largest absolute Gasteiger partial charge is 0.465 e. The van der Waals surface area contributed by atoms with Gasteiger partial charge in [-0.1, -0.05) is 0 Å². The van der Waals surface area contributed by atoms with Crippen LogP contribution >= 0.6 is 0 Å². The van der Waals surface area contributed by atoms with Crippen molar-refractivity contribution in [3.05, 3.63) is 18.3 Å². The minimum absolute atomic E-state index is 0.405. The van der Waals surface area contributed by atoms with Gasteiger partial charge < -0.3 is 15.8 Å². The zero-order valence-corrected chi connectivity index (χ0v) is 10.2. The summed E-state index contributed by atoms with van der Waals surface area (Å²) in [5.41, 5.74) is 6.76. The lowest BCUT2D eigenvalue weighted by Crippen LogP contribution is -2.58. The number of likely N-dealkylation sites (tertiary alicyclic amines) is 1. The first kappa shape index (κ1) is 11.8. The van der Waals surface area contributed by atoms with Crippen LogP contribution in [0.25, 0.3) is 11.2 Å². The Morgan fingerprint density at radius 1 is 1.42 bits per heavy atom. The van der Waals surface area contributed by atoms with Crippen LogP contribution in [0.4, 0.5) is 4.79 Å². The number of nitrogens with zero attached hydrogens (tertiary/aromatic N) is 4. The Balaban J connectivity index is 2.16. The fraction of sp³-hybridized carbons (Fsp3) is 0.455. The number of amides is 1. The predicted molar refractivity (Wildman–Crippen MR) is 66.1 cm³/mol. The number of nitrogens with one attached hydrogen (secondary N) is 1. The van der Waals surface area contributed by atoms with Crippen LogP contribution in [0.3, 0.4) is 0 Å². The number of rotatable bonds is 1. The number of fused-ring (bicyclic) bond motifs is 1. The van der Waals surface area contributed by atoms with E-state index in [2.05, 4.69) is 19.9 Å². The van der Waals surface area contributed by atoms with Crippen LogP contribution in [-0.4, -0.2) is 42.6 Å². The highest BCUT2D eigenvalue weighted by Crippen LogP contribution is 2.34. The molecule has 2 aromatic heterocycles. The molecule has 100 valence electrons. The third kappa shape index (κ3) is 1.72. The Labute approximate surface area is 108 Å². The molecule has 2 aromatic rings. The van der Waals surface area contributed by atoms with E-state index in [1.165, 1.54) is 17.6 Å². The molecule has 0 aliphatic carbocycles. The molecule has 1 aliphatic heterocycles. The summed E-state index contributed by atoms with van der Waals surface area (Å²) in [7, 11) is 0. The lowest BCUT2D eigenvalue weighted by Gasteiger charge is -2.42. The highest BCUT2D eigenvalue weighted by atomic mass is 16.4. The van der Waals surface area contributed by atoms with E-state index in [1.54, 1.807) is 0 Å². The molecule has 19 heavy (non-hydrogen) atoms. The number of nitrogens with two attached hydrogens (primary N) is 1. The maximum atomic E-state index is 11.4. The van der Waals surface area contributed by atoms with Crippen LogP contribution in [0.15, 0.2) is 12.7 Å². The molecule has 0 radical (unpaired) electrons. The lowest BCUT2D eigenvalue weighted by atomic mass is 9.92. The topological polar surface area (TPSA) is 121 Å². The number of H-pyrrole nitrogens is 1. The molecule has 0 bridgehead atoms. The van der Waals surface area contributed by atoms with E-state index < -0.39 is 11.8 Å². The molecule has 3 heterocycles. The van der Waals surface area contributed by atoms with Gasteiger partial charge in [0, 0.05) is 6.54 Å². The van der Waals surface area contributed by atoms with Crippen LogP contribution in [0.5, 0.6) is 0 Å². The summed E-state index contributed by atoms with van der Waals surface area (Å²) in [4.78, 5) is 27.9. The highest BCUT2D eigenvalue weighted by Gasteiger charge is 2.42. The summed E-state index contributed by atoms with van der Waals surface area (Å²) < 4.78 is 0. The minimum Gasteiger partial charge on any atom is -0.465 e. The van der Waals surface area contributed by atoms with Crippen LogP contribution in [0.2, 0.25) is 0 Å². The lowest BCUT2D eigenvalue weighted by molar-refractivity contribution is 0.0465. The second kappa shape index (κ2) is 4.16. The number of imidazole rings is 1. The molecule has 1 aliphatic rings. The van der Waals surface area contributed by atoms with Crippen LogP contribution in [0.1, 0.15) is 25.0 Å². The van der Waals surface area contributed by atoms with E-state index >= 15 is 0 Å². The maximum Gasteiger partial charge on any atom is 0.409 e. The third-order valence-corrected chi connectivity index (χ3v) is 3.53. The van der Waals surface area contributed by atoms with Crippen LogP contribution in [-0.2, 0) is 5.66 Å². The van der Waals surface area contributed by atoms with Gasteiger partial charge >= 0.3 is 6.09 Å². The summed E-state index contributed by atoms with van der Waals surface area (Å²) in [6.07, 6.45) is 4.03. The van der Waals surface area contributed by atoms with Crippen molar-refractivity contribution in [2.24, 2.45) is 5.73 Å². The molecule has 0 aromatic carbocycles. The zero-order chi connectivity index (χ0) is 13.5. The normalized spacial score (nSPS) is 23.7. The molecule has 1 unspecified atom stereocenters. The Morgan fingerprint density at radius 3 is 3.05 bits per heavy atom. The quantitative estimate of drug-likeness (QED) is 0.693. The summed E-state index contributed by atoms with van der Waals surface area (Å²) >= 11 is 0. The first-order valence-corrected chi connectivity index (χ1v) is 6.07. The molecule has 3 rings (SSSR count). The van der Waals surface area contributed by atoms with E-state index in [1.807, 2.05) is 0 Å². The van der Waals surface area contributed by atoms with Gasteiger partial charge in [-0.2, -0.15) is 0 Å². The second-order valence-electron chi connectivity index (χ2n) is 4.64. The summed E-state index contributed by atoms with van der Waals surface area (Å²) in [5, 5.41) is 9.33. The van der Waals surface area contributed by atoms with Gasteiger partial charge in [-0.25, -0.2) is 19.7 Å². The van der Waals surface area contributed by atoms with E-state index in [9.17, 15) is 9.90 Å². The molecule has 4 N–H and O–H groups in total. The Kier molecular flexibility index (Phi) is 2.59. The number of aromatic nitrogens is 4. The molecular formula is C11H14N6O2. The maximum absolute atomic E-state index is 11.4. The molecule has 1 saturated heterocycles. The van der Waals surface area contributed by atoms with Gasteiger partial charge in [0.25, 0.3) is 0 Å². The van der Waals surface area contributed by atoms with E-state index in [4.69, 9.17) is 5.73 Å². The van der Waals surface area contributed by atoms with E-state index in [-0.39, 0.29) is 0 Å². The van der Waals surface area contributed by atoms with E-state index in [0.29, 0.717) is 29.8 Å². The average Bonchev–Trinajstić information content (AvgIpc) is 2.86. The van der Waals surface area contributed by atoms with E-state index in [0.717, 1.165) is 12.8 Å². The van der Waals surface area contributed by atoms with Crippen molar-refractivity contribution >= 4 is 17.3 Å². The number of hydrogen-bond acceptors (Lipinski definition) is 5. The van der Waals surface area contributed by atoms with Gasteiger partial charge in [-0.15, -0.1) is 0 Å². The van der Waals surface area contributed by atoms with Crippen molar-refractivity contribution in [1.29, 1.82) is 0 Å². The molecule has 1 atom stereocenters. The van der Waals surface area contributed by atoms with Crippen molar-refractivity contribution in [3.8, 4) is 0 Å². The van der Waals surface area contributed by atoms with Crippen molar-refractivity contribution in [3.63, 3.8) is 0 Å². The van der Waals surface area contributed by atoms with Crippen molar-refractivity contribution in [2.75, 3.05) is 6.54 Å². The van der Waals surface area contributed by atoms with Gasteiger partial charge in [0.1, 0.15) is 23.2 Å². The number of carbonyl (C=O) groups is 1. The van der Waals surface area contributed by atoms with Gasteiger partial charge in [0.2, 0.25) is 0 Å². The first-order chi connectivity index (χ1) is 9.13. The predicted octanol–water partition coefficient (Wildman–Crippen LogP) is 0.628. The monoisotopic (exact) mass is 262 g/mol. The molecular weight excluding hydrogens is 248 g/mol. The van der Waals surface area contributed by atoms with Crippen molar-refractivity contribution < 1.29 is 9.90 Å². The summed E-state index contributed by atoms with van der Waals surface area (Å²) in [5.74, 6) is 0. The fourth-order valence-electron chi connectivity index (χ4n) is 2.59. The fourth-order valence-corrected chi connectivity index (χ4v) is 2.59. The van der Waals surface area contributed by atoms with Crippen molar-refractivity contribution in [1.82, 2.24) is 24.8 Å². The molecule has 8 heteroatoms. The highest BCUT2D eigenvalue weighted by molar-refractivity contribution is 5.75. The molecule has 0 saturated carbocycles. The molecule has 1 amide bonds.